The summed E-state index contributed by atoms with van der Waals surface area (Å²) in [4.78, 5) is 4.07. The zero-order valence-electron chi connectivity index (χ0n) is 11.3. The van der Waals surface area contributed by atoms with Crippen molar-refractivity contribution in [3.8, 4) is 0 Å². The molecule has 2 rings (SSSR count). The minimum atomic E-state index is -4.33. The van der Waals surface area contributed by atoms with E-state index in [2.05, 4.69) is 26.2 Å². The minimum Gasteiger partial charge on any atom is -0.313 e. The predicted molar refractivity (Wildman–Crippen MR) is 78.9 cm³/mol. The molecule has 0 amide bonds. The molecule has 1 unspecified atom stereocenters. The first-order valence-corrected chi connectivity index (χ1v) is 7.13. The van der Waals surface area contributed by atoms with Gasteiger partial charge in [0.05, 0.1) is 5.56 Å². The quantitative estimate of drug-likeness (QED) is 0.877. The maximum atomic E-state index is 12.8. The highest BCUT2D eigenvalue weighted by Gasteiger charge is 2.30. The predicted octanol–water partition coefficient (Wildman–Crippen LogP) is 4.37. The molecule has 0 bridgehead atoms. The van der Waals surface area contributed by atoms with Crippen molar-refractivity contribution in [2.24, 2.45) is 0 Å². The van der Waals surface area contributed by atoms with E-state index in [4.69, 9.17) is 0 Å². The SMILES string of the molecule is CNC(Cc1cncc(Br)c1)c1cccc(C(F)(F)F)c1. The number of aromatic nitrogens is 1. The zero-order chi connectivity index (χ0) is 15.5. The van der Waals surface area contributed by atoms with E-state index in [0.29, 0.717) is 12.0 Å². The van der Waals surface area contributed by atoms with Gasteiger partial charge < -0.3 is 5.32 Å². The fourth-order valence-corrected chi connectivity index (χ4v) is 2.53. The highest BCUT2D eigenvalue weighted by atomic mass is 79.9. The molecule has 0 aliphatic rings. The number of pyridine rings is 1. The van der Waals surface area contributed by atoms with Crippen LogP contribution >= 0.6 is 15.9 Å². The summed E-state index contributed by atoms with van der Waals surface area (Å²) in [5.41, 5.74) is 0.918. The molecule has 1 N–H and O–H groups in total. The summed E-state index contributed by atoms with van der Waals surface area (Å²) in [6.07, 6.45) is -0.388. The topological polar surface area (TPSA) is 24.9 Å². The molecule has 2 nitrogen and oxygen atoms in total. The van der Waals surface area contributed by atoms with Gasteiger partial charge >= 0.3 is 6.18 Å². The van der Waals surface area contributed by atoms with Crippen molar-refractivity contribution in [3.63, 3.8) is 0 Å². The van der Waals surface area contributed by atoms with E-state index in [9.17, 15) is 13.2 Å². The van der Waals surface area contributed by atoms with Crippen LogP contribution in [-0.2, 0) is 12.6 Å². The lowest BCUT2D eigenvalue weighted by molar-refractivity contribution is -0.137. The lowest BCUT2D eigenvalue weighted by Gasteiger charge is -2.18. The van der Waals surface area contributed by atoms with Crippen LogP contribution in [0, 0.1) is 0 Å². The molecular weight excluding hydrogens is 345 g/mol. The van der Waals surface area contributed by atoms with E-state index in [-0.39, 0.29) is 6.04 Å². The van der Waals surface area contributed by atoms with E-state index in [1.807, 2.05) is 6.07 Å². The summed E-state index contributed by atoms with van der Waals surface area (Å²) in [5, 5.41) is 3.05. The number of alkyl halides is 3. The summed E-state index contributed by atoms with van der Waals surface area (Å²) in [6, 6.07) is 7.10. The Kier molecular flexibility index (Phi) is 5.00. The Balaban J connectivity index is 2.25. The Morgan fingerprint density at radius 3 is 2.62 bits per heavy atom. The molecule has 2 aromatic rings. The third-order valence-electron chi connectivity index (χ3n) is 3.17. The summed E-state index contributed by atoms with van der Waals surface area (Å²) in [7, 11) is 1.73. The van der Waals surface area contributed by atoms with Gasteiger partial charge in [-0.15, -0.1) is 0 Å². The fourth-order valence-electron chi connectivity index (χ4n) is 2.12. The molecule has 0 aliphatic carbocycles. The average Bonchev–Trinajstić information content (AvgIpc) is 2.44. The van der Waals surface area contributed by atoms with Gasteiger partial charge in [-0.3, -0.25) is 4.98 Å². The molecule has 1 heterocycles. The Labute approximate surface area is 129 Å². The summed E-state index contributed by atoms with van der Waals surface area (Å²) < 4.78 is 39.2. The van der Waals surface area contributed by atoms with Gasteiger partial charge in [0.1, 0.15) is 0 Å². The third-order valence-corrected chi connectivity index (χ3v) is 3.60. The molecule has 6 heteroatoms. The molecule has 1 aromatic heterocycles. The van der Waals surface area contributed by atoms with Crippen LogP contribution in [0.3, 0.4) is 0 Å². The van der Waals surface area contributed by atoms with Crippen LogP contribution in [0.1, 0.15) is 22.7 Å². The van der Waals surface area contributed by atoms with Gasteiger partial charge in [0.15, 0.2) is 0 Å². The largest absolute Gasteiger partial charge is 0.416 e. The number of rotatable bonds is 4. The number of likely N-dealkylation sites (N-methyl/N-ethyl adjacent to an activating group) is 1. The van der Waals surface area contributed by atoms with Crippen molar-refractivity contribution < 1.29 is 13.2 Å². The molecule has 0 radical (unpaired) electrons. The molecule has 0 saturated carbocycles. The smallest absolute Gasteiger partial charge is 0.313 e. The Morgan fingerprint density at radius 2 is 2.00 bits per heavy atom. The number of benzene rings is 1. The van der Waals surface area contributed by atoms with Crippen molar-refractivity contribution in [1.29, 1.82) is 0 Å². The van der Waals surface area contributed by atoms with E-state index in [1.54, 1.807) is 25.5 Å². The number of hydrogen-bond donors (Lipinski definition) is 1. The van der Waals surface area contributed by atoms with E-state index in [1.165, 1.54) is 12.1 Å². The first kappa shape index (κ1) is 16.0. The maximum absolute atomic E-state index is 12.8. The summed E-state index contributed by atoms with van der Waals surface area (Å²) >= 11 is 3.34. The van der Waals surface area contributed by atoms with Gasteiger partial charge in [0.25, 0.3) is 0 Å². The van der Waals surface area contributed by atoms with Gasteiger partial charge in [0, 0.05) is 22.9 Å². The van der Waals surface area contributed by atoms with Crippen LogP contribution in [0.5, 0.6) is 0 Å². The van der Waals surface area contributed by atoms with Crippen LogP contribution in [0.25, 0.3) is 0 Å². The molecule has 1 aromatic carbocycles. The summed E-state index contributed by atoms with van der Waals surface area (Å²) in [6.45, 7) is 0. The first-order chi connectivity index (χ1) is 9.90. The molecule has 0 fully saturated rings. The van der Waals surface area contributed by atoms with Gasteiger partial charge in [0.2, 0.25) is 0 Å². The van der Waals surface area contributed by atoms with Gasteiger partial charge in [-0.05, 0) is 58.7 Å². The van der Waals surface area contributed by atoms with Crippen LogP contribution in [0.15, 0.2) is 47.2 Å². The molecular formula is C15H14BrF3N2. The third kappa shape index (κ3) is 4.28. The van der Waals surface area contributed by atoms with Crippen LogP contribution in [0.2, 0.25) is 0 Å². The van der Waals surface area contributed by atoms with E-state index < -0.39 is 11.7 Å². The standard InChI is InChI=1S/C15H14BrF3N2/c1-20-14(6-10-5-13(16)9-21-8-10)11-3-2-4-12(7-11)15(17,18)19/h2-5,7-9,14,20H,6H2,1H3. The van der Waals surface area contributed by atoms with Crippen molar-refractivity contribution >= 4 is 15.9 Å². The van der Waals surface area contributed by atoms with Crippen molar-refractivity contribution in [2.45, 2.75) is 18.6 Å². The minimum absolute atomic E-state index is 0.205. The molecule has 0 saturated heterocycles. The second-order valence-corrected chi connectivity index (χ2v) is 5.60. The normalized spacial score (nSPS) is 13.2. The molecule has 1 atom stereocenters. The Morgan fingerprint density at radius 1 is 1.24 bits per heavy atom. The number of nitrogens with zero attached hydrogens (tertiary/aromatic N) is 1. The van der Waals surface area contributed by atoms with Crippen LogP contribution in [0.4, 0.5) is 13.2 Å². The zero-order valence-corrected chi connectivity index (χ0v) is 12.9. The van der Waals surface area contributed by atoms with Crippen molar-refractivity contribution in [2.75, 3.05) is 7.05 Å². The first-order valence-electron chi connectivity index (χ1n) is 6.34. The van der Waals surface area contributed by atoms with Crippen molar-refractivity contribution in [3.05, 3.63) is 63.9 Å². The van der Waals surface area contributed by atoms with Crippen molar-refractivity contribution in [1.82, 2.24) is 10.3 Å². The van der Waals surface area contributed by atoms with Gasteiger partial charge in [-0.25, -0.2) is 0 Å². The molecule has 0 spiro atoms. The number of nitrogens with one attached hydrogen (secondary N) is 1. The second kappa shape index (κ2) is 6.58. The van der Waals surface area contributed by atoms with Crippen LogP contribution < -0.4 is 5.32 Å². The van der Waals surface area contributed by atoms with E-state index >= 15 is 0 Å². The molecule has 0 aliphatic heterocycles. The van der Waals surface area contributed by atoms with Gasteiger partial charge in [-0.1, -0.05) is 12.1 Å². The highest BCUT2D eigenvalue weighted by molar-refractivity contribution is 9.10. The number of hydrogen-bond acceptors (Lipinski definition) is 2. The monoisotopic (exact) mass is 358 g/mol. The fraction of sp³-hybridized carbons (Fsp3) is 0.267. The van der Waals surface area contributed by atoms with Gasteiger partial charge in [-0.2, -0.15) is 13.2 Å². The lowest BCUT2D eigenvalue weighted by atomic mass is 9.98. The average molecular weight is 359 g/mol. The highest BCUT2D eigenvalue weighted by Crippen LogP contribution is 2.31. The molecule has 21 heavy (non-hydrogen) atoms. The molecule has 112 valence electrons. The summed E-state index contributed by atoms with van der Waals surface area (Å²) in [5.74, 6) is 0. The second-order valence-electron chi connectivity index (χ2n) is 4.68. The van der Waals surface area contributed by atoms with Crippen LogP contribution in [-0.4, -0.2) is 12.0 Å². The number of halogens is 4. The Hall–Kier alpha value is -1.40. The lowest BCUT2D eigenvalue weighted by Crippen LogP contribution is -2.19. The Bertz CT molecular complexity index is 614. The maximum Gasteiger partial charge on any atom is 0.416 e. The van der Waals surface area contributed by atoms with E-state index in [0.717, 1.165) is 16.1 Å².